The molecule has 1 fully saturated rings. The van der Waals surface area contributed by atoms with Crippen LogP contribution < -0.4 is 5.32 Å². The standard InChI is InChI=1S/C21H21N3O2S2/c1-13-2-7-18-15(8-13)9-19(28-18)21(26)24-12-27-11-17(24)20(25)23-16-5-3-14(10-22)4-6-16/h3-6,9,13,17H,2,7-8,11-12H2,1H3,(H,23,25)/t13-,17-/m1/s1. The fourth-order valence-electron chi connectivity index (χ4n) is 3.67. The normalized spacial score (nSPS) is 21.1. The Morgan fingerprint density at radius 2 is 2.07 bits per heavy atom. The molecular formula is C21H21N3O2S2. The lowest BCUT2D eigenvalue weighted by atomic mass is 9.90. The molecule has 1 aromatic carbocycles. The van der Waals surface area contributed by atoms with Crippen molar-refractivity contribution in [1.82, 2.24) is 4.90 Å². The lowest BCUT2D eigenvalue weighted by Gasteiger charge is -2.22. The molecule has 2 aromatic rings. The second-order valence-electron chi connectivity index (χ2n) is 7.38. The zero-order valence-electron chi connectivity index (χ0n) is 15.6. The molecule has 0 radical (unpaired) electrons. The largest absolute Gasteiger partial charge is 0.324 e. The molecule has 5 nitrogen and oxygen atoms in total. The van der Waals surface area contributed by atoms with E-state index in [4.69, 9.17) is 5.26 Å². The maximum atomic E-state index is 13.1. The highest BCUT2D eigenvalue weighted by Gasteiger charge is 2.36. The van der Waals surface area contributed by atoms with E-state index in [1.165, 1.54) is 16.9 Å². The van der Waals surface area contributed by atoms with Crippen molar-refractivity contribution in [2.45, 2.75) is 32.2 Å². The Balaban J connectivity index is 1.47. The Morgan fingerprint density at radius 3 is 2.82 bits per heavy atom. The van der Waals surface area contributed by atoms with E-state index in [1.807, 2.05) is 6.07 Å². The van der Waals surface area contributed by atoms with Gasteiger partial charge in [-0.2, -0.15) is 5.26 Å². The Hall–Kier alpha value is -2.30. The smallest absolute Gasteiger partial charge is 0.265 e. The third-order valence-electron chi connectivity index (χ3n) is 5.27. The van der Waals surface area contributed by atoms with Gasteiger partial charge in [-0.15, -0.1) is 23.1 Å². The first kappa shape index (κ1) is 19.0. The zero-order chi connectivity index (χ0) is 19.7. The molecule has 2 amide bonds. The molecular weight excluding hydrogens is 390 g/mol. The van der Waals surface area contributed by atoms with Gasteiger partial charge in [-0.25, -0.2) is 0 Å². The Bertz CT molecular complexity index is 946. The summed E-state index contributed by atoms with van der Waals surface area (Å²) in [6.45, 7) is 2.25. The molecule has 0 spiro atoms. The van der Waals surface area contributed by atoms with Gasteiger partial charge < -0.3 is 10.2 Å². The summed E-state index contributed by atoms with van der Waals surface area (Å²) in [5.74, 6) is 1.56. The zero-order valence-corrected chi connectivity index (χ0v) is 17.2. The first-order valence-corrected chi connectivity index (χ1v) is 11.3. The Kier molecular flexibility index (Phi) is 5.42. The molecule has 144 valence electrons. The molecule has 2 heterocycles. The summed E-state index contributed by atoms with van der Waals surface area (Å²) in [5, 5.41) is 11.8. The van der Waals surface area contributed by atoms with Crippen molar-refractivity contribution in [1.29, 1.82) is 5.26 Å². The molecule has 1 aliphatic carbocycles. The number of nitrogens with zero attached hydrogens (tertiary/aromatic N) is 2. The van der Waals surface area contributed by atoms with Crippen molar-refractivity contribution < 1.29 is 9.59 Å². The average molecular weight is 412 g/mol. The summed E-state index contributed by atoms with van der Waals surface area (Å²) in [4.78, 5) is 29.6. The van der Waals surface area contributed by atoms with Crippen LogP contribution in [0.5, 0.6) is 0 Å². The number of nitriles is 1. The molecule has 1 aromatic heterocycles. The number of rotatable bonds is 3. The predicted octanol–water partition coefficient (Wildman–Crippen LogP) is 3.90. The minimum atomic E-state index is -0.480. The second-order valence-corrected chi connectivity index (χ2v) is 9.51. The van der Waals surface area contributed by atoms with E-state index in [0.717, 1.165) is 17.7 Å². The molecule has 1 aliphatic heterocycles. The molecule has 0 saturated carbocycles. The van der Waals surface area contributed by atoms with Crippen molar-refractivity contribution in [3.8, 4) is 6.07 Å². The Morgan fingerprint density at radius 1 is 1.29 bits per heavy atom. The van der Waals surface area contributed by atoms with E-state index < -0.39 is 6.04 Å². The number of fused-ring (bicyclic) bond motifs is 1. The number of amides is 2. The number of hydrogen-bond donors (Lipinski definition) is 1. The quantitative estimate of drug-likeness (QED) is 0.831. The minimum Gasteiger partial charge on any atom is -0.324 e. The number of nitrogens with one attached hydrogen (secondary N) is 1. The van der Waals surface area contributed by atoms with Crippen LogP contribution in [0.15, 0.2) is 30.3 Å². The van der Waals surface area contributed by atoms with E-state index in [1.54, 1.807) is 52.3 Å². The fraction of sp³-hybridized carbons (Fsp3) is 0.381. The molecule has 1 N–H and O–H groups in total. The van der Waals surface area contributed by atoms with Gasteiger partial charge in [0, 0.05) is 16.3 Å². The molecule has 1 saturated heterocycles. The van der Waals surface area contributed by atoms with E-state index in [9.17, 15) is 9.59 Å². The Labute approximate surface area is 172 Å². The van der Waals surface area contributed by atoms with E-state index >= 15 is 0 Å². The summed E-state index contributed by atoms with van der Waals surface area (Å²) < 4.78 is 0. The molecule has 4 rings (SSSR count). The predicted molar refractivity (Wildman–Crippen MR) is 113 cm³/mol. The molecule has 28 heavy (non-hydrogen) atoms. The van der Waals surface area contributed by atoms with Crippen molar-refractivity contribution in [2.24, 2.45) is 5.92 Å². The number of thiophene rings is 1. The van der Waals surface area contributed by atoms with Crippen molar-refractivity contribution >= 4 is 40.6 Å². The van der Waals surface area contributed by atoms with Crippen molar-refractivity contribution in [3.63, 3.8) is 0 Å². The molecule has 0 unspecified atom stereocenters. The lowest BCUT2D eigenvalue weighted by Crippen LogP contribution is -2.44. The van der Waals surface area contributed by atoms with Crippen molar-refractivity contribution in [3.05, 3.63) is 51.2 Å². The summed E-state index contributed by atoms with van der Waals surface area (Å²) in [6.07, 6.45) is 3.26. The lowest BCUT2D eigenvalue weighted by molar-refractivity contribution is -0.119. The van der Waals surface area contributed by atoms with Crippen LogP contribution in [0.25, 0.3) is 0 Å². The number of hydrogen-bond acceptors (Lipinski definition) is 5. The van der Waals surface area contributed by atoms with Crippen LogP contribution in [0, 0.1) is 17.2 Å². The number of carbonyl (C=O) groups is 2. The van der Waals surface area contributed by atoms with Crippen LogP contribution >= 0.6 is 23.1 Å². The minimum absolute atomic E-state index is 0.0444. The topological polar surface area (TPSA) is 73.2 Å². The van der Waals surface area contributed by atoms with Gasteiger partial charge in [0.1, 0.15) is 6.04 Å². The average Bonchev–Trinajstić information content (AvgIpc) is 3.34. The monoisotopic (exact) mass is 411 g/mol. The van der Waals surface area contributed by atoms with Crippen LogP contribution in [-0.4, -0.2) is 34.4 Å². The maximum absolute atomic E-state index is 13.1. The third-order valence-corrected chi connectivity index (χ3v) is 7.50. The number of carbonyl (C=O) groups excluding carboxylic acids is 2. The SMILES string of the molecule is C[C@@H]1CCc2sc(C(=O)N3CSC[C@@H]3C(=O)Nc3ccc(C#N)cc3)cc2C1. The summed E-state index contributed by atoms with van der Waals surface area (Å²) >= 11 is 3.19. The highest BCUT2D eigenvalue weighted by molar-refractivity contribution is 7.99. The van der Waals surface area contributed by atoms with Crippen LogP contribution in [-0.2, 0) is 17.6 Å². The van der Waals surface area contributed by atoms with Gasteiger partial charge in [-0.05, 0) is 61.1 Å². The van der Waals surface area contributed by atoms with E-state index in [-0.39, 0.29) is 11.8 Å². The molecule has 0 bridgehead atoms. The van der Waals surface area contributed by atoms with Gasteiger partial charge in [0.05, 0.1) is 22.4 Å². The number of aryl methyl sites for hydroxylation is 1. The van der Waals surface area contributed by atoms with Gasteiger partial charge in [-0.3, -0.25) is 9.59 Å². The summed E-state index contributed by atoms with van der Waals surface area (Å²) in [7, 11) is 0. The second kappa shape index (κ2) is 7.98. The van der Waals surface area contributed by atoms with Gasteiger partial charge in [0.25, 0.3) is 5.91 Å². The van der Waals surface area contributed by atoms with Gasteiger partial charge in [0.15, 0.2) is 0 Å². The summed E-state index contributed by atoms with van der Waals surface area (Å²) in [5.41, 5.74) is 2.48. The van der Waals surface area contributed by atoms with Gasteiger partial charge >= 0.3 is 0 Å². The first-order chi connectivity index (χ1) is 13.5. The van der Waals surface area contributed by atoms with Crippen LogP contribution in [0.1, 0.15) is 39.0 Å². The van der Waals surface area contributed by atoms with E-state index in [0.29, 0.717) is 28.8 Å². The number of benzene rings is 1. The number of thioether (sulfide) groups is 1. The maximum Gasteiger partial charge on any atom is 0.265 e. The highest BCUT2D eigenvalue weighted by Crippen LogP contribution is 2.34. The van der Waals surface area contributed by atoms with E-state index in [2.05, 4.69) is 18.3 Å². The molecule has 2 atom stereocenters. The van der Waals surface area contributed by atoms with Crippen molar-refractivity contribution in [2.75, 3.05) is 16.9 Å². The van der Waals surface area contributed by atoms with Gasteiger partial charge in [-0.1, -0.05) is 6.92 Å². The fourth-order valence-corrected chi connectivity index (χ4v) is 5.98. The van der Waals surface area contributed by atoms with Gasteiger partial charge in [0.2, 0.25) is 5.91 Å². The number of anilines is 1. The van der Waals surface area contributed by atoms with Crippen LogP contribution in [0.4, 0.5) is 5.69 Å². The molecule has 7 heteroatoms. The van der Waals surface area contributed by atoms with Crippen LogP contribution in [0.3, 0.4) is 0 Å². The first-order valence-electron chi connectivity index (χ1n) is 9.36. The highest BCUT2D eigenvalue weighted by atomic mass is 32.2. The van der Waals surface area contributed by atoms with Crippen LogP contribution in [0.2, 0.25) is 0 Å². The third kappa shape index (κ3) is 3.80. The summed E-state index contributed by atoms with van der Waals surface area (Å²) in [6, 6.07) is 10.4. The molecule has 2 aliphatic rings.